The van der Waals surface area contributed by atoms with Gasteiger partial charge in [0.05, 0.1) is 5.52 Å². The molecule has 2 aromatic heterocycles. The summed E-state index contributed by atoms with van der Waals surface area (Å²) in [5.41, 5.74) is 1.36. The number of benzene rings is 1. The van der Waals surface area contributed by atoms with E-state index in [1.807, 2.05) is 0 Å². The second kappa shape index (κ2) is 4.34. The van der Waals surface area contributed by atoms with Gasteiger partial charge in [0.1, 0.15) is 4.47 Å². The number of rotatable bonds is 2. The SMILES string of the molecule is Cn1c(=O)oc2cc(-c3onc(C(=O)O)c3Br)ccc21. The van der Waals surface area contributed by atoms with Crippen molar-refractivity contribution in [2.45, 2.75) is 0 Å². The predicted molar refractivity (Wildman–Crippen MR) is 71.6 cm³/mol. The molecule has 1 N–H and O–H groups in total. The van der Waals surface area contributed by atoms with Crippen LogP contribution in [0.1, 0.15) is 10.5 Å². The Bertz CT molecular complexity index is 889. The Morgan fingerprint density at radius 3 is 2.85 bits per heavy atom. The van der Waals surface area contributed by atoms with E-state index in [-0.39, 0.29) is 15.9 Å². The van der Waals surface area contributed by atoms with Crippen LogP contribution in [0.2, 0.25) is 0 Å². The third-order valence-electron chi connectivity index (χ3n) is 2.89. The van der Waals surface area contributed by atoms with Gasteiger partial charge in [0.25, 0.3) is 0 Å². The Morgan fingerprint density at radius 1 is 1.45 bits per heavy atom. The van der Waals surface area contributed by atoms with Gasteiger partial charge in [-0.25, -0.2) is 9.59 Å². The summed E-state index contributed by atoms with van der Waals surface area (Å²) in [6.07, 6.45) is 0. The van der Waals surface area contributed by atoms with E-state index in [0.717, 1.165) is 0 Å². The first kappa shape index (κ1) is 12.7. The van der Waals surface area contributed by atoms with Crippen LogP contribution in [0.3, 0.4) is 0 Å². The first-order valence-electron chi connectivity index (χ1n) is 5.47. The quantitative estimate of drug-likeness (QED) is 0.769. The Hall–Kier alpha value is -2.35. The highest BCUT2D eigenvalue weighted by atomic mass is 79.9. The van der Waals surface area contributed by atoms with Gasteiger partial charge in [-0.3, -0.25) is 4.57 Å². The van der Waals surface area contributed by atoms with Gasteiger partial charge in [-0.15, -0.1) is 0 Å². The summed E-state index contributed by atoms with van der Waals surface area (Å²) < 4.78 is 11.7. The van der Waals surface area contributed by atoms with E-state index in [0.29, 0.717) is 16.7 Å². The fraction of sp³-hybridized carbons (Fsp3) is 0.0833. The third-order valence-corrected chi connectivity index (χ3v) is 3.63. The van der Waals surface area contributed by atoms with Crippen molar-refractivity contribution in [3.63, 3.8) is 0 Å². The van der Waals surface area contributed by atoms with Crippen LogP contribution in [0.5, 0.6) is 0 Å². The zero-order valence-electron chi connectivity index (χ0n) is 10.1. The van der Waals surface area contributed by atoms with Gasteiger partial charge in [0, 0.05) is 12.6 Å². The fourth-order valence-electron chi connectivity index (χ4n) is 1.87. The number of aryl methyl sites for hydroxylation is 1. The van der Waals surface area contributed by atoms with Crippen molar-refractivity contribution in [3.8, 4) is 11.3 Å². The number of aromatic carboxylic acids is 1. The number of halogens is 1. The molecular formula is C12H7BrN2O5. The molecule has 0 aliphatic heterocycles. The summed E-state index contributed by atoms with van der Waals surface area (Å²) >= 11 is 3.14. The minimum atomic E-state index is -1.20. The van der Waals surface area contributed by atoms with Crippen molar-refractivity contribution in [2.24, 2.45) is 7.05 Å². The molecule has 0 radical (unpaired) electrons. The third kappa shape index (κ3) is 1.76. The monoisotopic (exact) mass is 338 g/mol. The van der Waals surface area contributed by atoms with Gasteiger partial charge in [0.2, 0.25) is 5.69 Å². The van der Waals surface area contributed by atoms with Gasteiger partial charge in [0.15, 0.2) is 11.3 Å². The summed E-state index contributed by atoms with van der Waals surface area (Å²) in [6, 6.07) is 4.97. The molecule has 0 saturated carbocycles. The van der Waals surface area contributed by atoms with Crippen molar-refractivity contribution in [1.82, 2.24) is 9.72 Å². The number of carbonyl (C=O) groups is 1. The lowest BCUT2D eigenvalue weighted by Gasteiger charge is -1.97. The van der Waals surface area contributed by atoms with Crippen LogP contribution in [-0.4, -0.2) is 20.8 Å². The van der Waals surface area contributed by atoms with E-state index < -0.39 is 11.7 Å². The van der Waals surface area contributed by atoms with E-state index in [2.05, 4.69) is 21.1 Å². The van der Waals surface area contributed by atoms with Crippen molar-refractivity contribution < 1.29 is 18.8 Å². The van der Waals surface area contributed by atoms with E-state index in [1.54, 1.807) is 25.2 Å². The van der Waals surface area contributed by atoms with Crippen LogP contribution < -0.4 is 5.76 Å². The molecule has 0 spiro atoms. The Balaban J connectivity index is 2.20. The average molecular weight is 339 g/mol. The number of fused-ring (bicyclic) bond motifs is 1. The first-order valence-corrected chi connectivity index (χ1v) is 6.26. The minimum Gasteiger partial charge on any atom is -0.476 e. The summed E-state index contributed by atoms with van der Waals surface area (Å²) in [6.45, 7) is 0. The van der Waals surface area contributed by atoms with Crippen LogP contribution in [-0.2, 0) is 7.05 Å². The maximum atomic E-state index is 11.4. The molecule has 0 amide bonds. The smallest absolute Gasteiger partial charge is 0.419 e. The molecule has 0 aliphatic rings. The summed E-state index contributed by atoms with van der Waals surface area (Å²) in [5, 5.41) is 12.4. The van der Waals surface area contributed by atoms with Crippen molar-refractivity contribution in [1.29, 1.82) is 0 Å². The lowest BCUT2D eigenvalue weighted by atomic mass is 10.1. The zero-order chi connectivity index (χ0) is 14.4. The molecule has 0 unspecified atom stereocenters. The molecule has 0 fully saturated rings. The minimum absolute atomic E-state index is 0.213. The Morgan fingerprint density at radius 2 is 2.20 bits per heavy atom. The van der Waals surface area contributed by atoms with Crippen LogP contribution in [0.15, 0.2) is 36.4 Å². The molecule has 102 valence electrons. The van der Waals surface area contributed by atoms with Crippen LogP contribution >= 0.6 is 15.9 Å². The fourth-order valence-corrected chi connectivity index (χ4v) is 2.41. The summed E-state index contributed by atoms with van der Waals surface area (Å²) in [5.74, 6) is -1.41. The Kier molecular flexibility index (Phi) is 2.75. The molecule has 20 heavy (non-hydrogen) atoms. The molecule has 8 heteroatoms. The lowest BCUT2D eigenvalue weighted by Crippen LogP contribution is -2.08. The van der Waals surface area contributed by atoms with Gasteiger partial charge < -0.3 is 14.0 Å². The molecule has 1 aromatic carbocycles. The topological polar surface area (TPSA) is 98.5 Å². The molecule has 0 saturated heterocycles. The predicted octanol–water partition coefficient (Wildman–Crippen LogP) is 2.25. The largest absolute Gasteiger partial charge is 0.476 e. The number of carboxylic acids is 1. The highest BCUT2D eigenvalue weighted by Crippen LogP contribution is 2.32. The highest BCUT2D eigenvalue weighted by Gasteiger charge is 2.21. The molecule has 0 bridgehead atoms. The van der Waals surface area contributed by atoms with E-state index in [4.69, 9.17) is 14.0 Å². The van der Waals surface area contributed by atoms with E-state index in [9.17, 15) is 9.59 Å². The van der Waals surface area contributed by atoms with Gasteiger partial charge in [-0.2, -0.15) is 0 Å². The first-order chi connectivity index (χ1) is 9.49. The molecule has 0 atom stereocenters. The van der Waals surface area contributed by atoms with Gasteiger partial charge >= 0.3 is 11.7 Å². The van der Waals surface area contributed by atoms with Crippen LogP contribution in [0.25, 0.3) is 22.4 Å². The number of hydrogen-bond donors (Lipinski definition) is 1. The number of hydrogen-bond acceptors (Lipinski definition) is 5. The molecule has 3 aromatic rings. The highest BCUT2D eigenvalue weighted by molar-refractivity contribution is 9.10. The van der Waals surface area contributed by atoms with E-state index >= 15 is 0 Å². The van der Waals surface area contributed by atoms with Gasteiger partial charge in [-0.1, -0.05) is 5.16 Å². The summed E-state index contributed by atoms with van der Waals surface area (Å²) in [7, 11) is 1.60. The second-order valence-electron chi connectivity index (χ2n) is 4.09. The van der Waals surface area contributed by atoms with Crippen molar-refractivity contribution in [3.05, 3.63) is 38.9 Å². The maximum absolute atomic E-state index is 11.4. The lowest BCUT2D eigenvalue weighted by molar-refractivity contribution is 0.0685. The number of carboxylic acid groups (broad SMARTS) is 1. The van der Waals surface area contributed by atoms with Crippen molar-refractivity contribution >= 4 is 33.0 Å². The number of nitrogens with zero attached hydrogens (tertiary/aromatic N) is 2. The zero-order valence-corrected chi connectivity index (χ0v) is 11.7. The molecule has 0 aliphatic carbocycles. The maximum Gasteiger partial charge on any atom is 0.419 e. The molecular weight excluding hydrogens is 332 g/mol. The van der Waals surface area contributed by atoms with Crippen LogP contribution in [0, 0.1) is 0 Å². The summed E-state index contributed by atoms with van der Waals surface area (Å²) in [4.78, 5) is 22.3. The molecule has 7 nitrogen and oxygen atoms in total. The van der Waals surface area contributed by atoms with E-state index in [1.165, 1.54) is 4.57 Å². The number of oxazole rings is 1. The normalized spacial score (nSPS) is 11.1. The van der Waals surface area contributed by atoms with Crippen LogP contribution in [0.4, 0.5) is 0 Å². The Labute approximate surface area is 119 Å². The standard InChI is InChI=1S/C12H7BrN2O5/c1-15-6-3-2-5(4-7(6)19-12(15)18)10-8(13)9(11(16)17)14-20-10/h2-4H,1H3,(H,16,17). The molecule has 2 heterocycles. The van der Waals surface area contributed by atoms with Gasteiger partial charge in [-0.05, 0) is 34.1 Å². The average Bonchev–Trinajstić information content (AvgIpc) is 2.91. The number of aromatic nitrogens is 2. The van der Waals surface area contributed by atoms with Crippen molar-refractivity contribution in [2.75, 3.05) is 0 Å². The molecule has 3 rings (SSSR count). The second-order valence-corrected chi connectivity index (χ2v) is 4.88.